The zero-order valence-electron chi connectivity index (χ0n) is 21.6. The normalized spacial score (nSPS) is 30.4. The molecule has 0 spiro atoms. The number of carbonyl (C=O) groups is 3. The van der Waals surface area contributed by atoms with Gasteiger partial charge >= 0.3 is 0 Å². The quantitative estimate of drug-likeness (QED) is 0.376. The molecule has 0 unspecified atom stereocenters. The van der Waals surface area contributed by atoms with Gasteiger partial charge in [-0.15, -0.1) is 0 Å². The van der Waals surface area contributed by atoms with Crippen LogP contribution in [0, 0.1) is 0 Å². The molecule has 10 nitrogen and oxygen atoms in total. The summed E-state index contributed by atoms with van der Waals surface area (Å²) in [7, 11) is 1.55. The molecular formula is C27H31N3O7. The topological polar surface area (TPSA) is 111 Å². The first-order valence-electron chi connectivity index (χ1n) is 12.6. The second kappa shape index (κ2) is 7.89. The van der Waals surface area contributed by atoms with E-state index in [2.05, 4.69) is 0 Å². The third-order valence-corrected chi connectivity index (χ3v) is 7.89. The van der Waals surface area contributed by atoms with Crippen molar-refractivity contribution in [3.05, 3.63) is 41.1 Å². The lowest BCUT2D eigenvalue weighted by molar-refractivity contribution is -0.389. The van der Waals surface area contributed by atoms with E-state index in [0.717, 1.165) is 10.5 Å². The lowest BCUT2D eigenvalue weighted by atomic mass is 9.80. The molecule has 10 heteroatoms. The van der Waals surface area contributed by atoms with Gasteiger partial charge in [-0.1, -0.05) is 5.57 Å². The summed E-state index contributed by atoms with van der Waals surface area (Å²) in [6.45, 7) is 7.83. The number of hydrogen-bond donors (Lipinski definition) is 1. The number of allylic oxidation sites excluding steroid dienone is 1. The second-order valence-corrected chi connectivity index (χ2v) is 11.2. The minimum atomic E-state index is -2.63. The molecule has 1 aromatic carbocycles. The van der Waals surface area contributed by atoms with Crippen molar-refractivity contribution in [1.82, 2.24) is 14.4 Å². The summed E-state index contributed by atoms with van der Waals surface area (Å²) in [5, 5.41) is 12.5. The van der Waals surface area contributed by atoms with Gasteiger partial charge in [-0.3, -0.25) is 19.3 Å². The van der Waals surface area contributed by atoms with Crippen LogP contribution in [0.1, 0.15) is 75.3 Å². The smallest absolute Gasteiger partial charge is 0.287 e. The first-order chi connectivity index (χ1) is 17.5. The predicted octanol–water partition coefficient (Wildman–Crippen LogP) is 3.00. The van der Waals surface area contributed by atoms with Crippen molar-refractivity contribution < 1.29 is 34.0 Å². The maximum absolute atomic E-state index is 14.2. The predicted molar refractivity (Wildman–Crippen MR) is 131 cm³/mol. The van der Waals surface area contributed by atoms with E-state index in [1.54, 1.807) is 25.3 Å². The van der Waals surface area contributed by atoms with E-state index in [-0.39, 0.29) is 12.0 Å². The molecule has 4 aliphatic heterocycles. The summed E-state index contributed by atoms with van der Waals surface area (Å²) in [5.41, 5.74) is -1.24. The van der Waals surface area contributed by atoms with Gasteiger partial charge in [-0.05, 0) is 58.7 Å². The van der Waals surface area contributed by atoms with E-state index < -0.39 is 47.2 Å². The van der Waals surface area contributed by atoms with Gasteiger partial charge < -0.3 is 19.3 Å². The molecule has 1 aromatic heterocycles. The number of nitrogens with zero attached hydrogens (tertiary/aromatic N) is 3. The van der Waals surface area contributed by atoms with Gasteiger partial charge in [0.2, 0.25) is 11.7 Å². The molecule has 2 aromatic rings. The number of aliphatic hydroxyl groups is 1. The number of methoxy groups -OCH3 is 1. The number of piperazine rings is 1. The van der Waals surface area contributed by atoms with Crippen LogP contribution in [0.25, 0.3) is 10.9 Å². The minimum Gasteiger partial charge on any atom is -0.497 e. The monoisotopic (exact) mass is 509 g/mol. The molecule has 2 saturated heterocycles. The van der Waals surface area contributed by atoms with Crippen molar-refractivity contribution in [3.8, 4) is 5.75 Å². The summed E-state index contributed by atoms with van der Waals surface area (Å²) < 4.78 is 7.30. The van der Waals surface area contributed by atoms with Crippen LogP contribution in [0.2, 0.25) is 0 Å². The third kappa shape index (κ3) is 3.19. The van der Waals surface area contributed by atoms with Gasteiger partial charge in [0.1, 0.15) is 17.4 Å². The number of aromatic nitrogens is 1. The molecule has 4 aliphatic rings. The van der Waals surface area contributed by atoms with Crippen molar-refractivity contribution >= 4 is 28.5 Å². The molecule has 2 amide bonds. The van der Waals surface area contributed by atoms with Crippen molar-refractivity contribution in [2.45, 2.75) is 76.6 Å². The van der Waals surface area contributed by atoms with E-state index in [0.29, 0.717) is 41.7 Å². The van der Waals surface area contributed by atoms with Crippen LogP contribution in [0.5, 0.6) is 5.75 Å². The average molecular weight is 510 g/mol. The van der Waals surface area contributed by atoms with E-state index in [9.17, 15) is 19.5 Å². The molecule has 0 aliphatic carbocycles. The number of Topliss-reactive ketones (excluding diaryl/α,β-unsaturated/α-hetero) is 1. The van der Waals surface area contributed by atoms with Crippen molar-refractivity contribution in [2.24, 2.45) is 0 Å². The largest absolute Gasteiger partial charge is 0.497 e. The van der Waals surface area contributed by atoms with Crippen molar-refractivity contribution in [3.63, 3.8) is 0 Å². The number of ketones is 1. The Bertz CT molecular complexity index is 1390. The number of ether oxygens (including phenoxy) is 1. The summed E-state index contributed by atoms with van der Waals surface area (Å²) in [6, 6.07) is 3.74. The summed E-state index contributed by atoms with van der Waals surface area (Å²) in [6.07, 6.45) is 2.41. The third-order valence-electron chi connectivity index (χ3n) is 7.89. The van der Waals surface area contributed by atoms with Crippen molar-refractivity contribution in [1.29, 1.82) is 0 Å². The molecule has 4 atom stereocenters. The molecule has 1 N–H and O–H groups in total. The highest BCUT2D eigenvalue weighted by molar-refractivity contribution is 6.25. The van der Waals surface area contributed by atoms with Crippen LogP contribution >= 0.6 is 0 Å². The maximum atomic E-state index is 14.2. The Morgan fingerprint density at radius 3 is 2.65 bits per heavy atom. The Labute approximate surface area is 214 Å². The van der Waals surface area contributed by atoms with Gasteiger partial charge in [0.15, 0.2) is 6.23 Å². The fourth-order valence-corrected chi connectivity index (χ4v) is 6.35. The average Bonchev–Trinajstić information content (AvgIpc) is 3.46. The molecule has 196 valence electrons. The Morgan fingerprint density at radius 2 is 1.95 bits per heavy atom. The van der Waals surface area contributed by atoms with Gasteiger partial charge in [-0.2, -0.15) is 0 Å². The lowest BCUT2D eigenvalue weighted by Gasteiger charge is -2.53. The number of amides is 2. The van der Waals surface area contributed by atoms with Crippen LogP contribution in [-0.4, -0.2) is 68.1 Å². The zero-order chi connectivity index (χ0) is 26.4. The van der Waals surface area contributed by atoms with Gasteiger partial charge in [-0.25, -0.2) is 9.78 Å². The molecule has 2 fully saturated rings. The molecular weight excluding hydrogens is 478 g/mol. The number of hydrogen-bond acceptors (Lipinski definition) is 7. The number of fused-ring (bicyclic) bond motifs is 6. The van der Waals surface area contributed by atoms with E-state index >= 15 is 0 Å². The summed E-state index contributed by atoms with van der Waals surface area (Å²) in [5.74, 6) is -1.40. The Balaban J connectivity index is 1.72. The van der Waals surface area contributed by atoms with E-state index in [1.807, 2.05) is 38.3 Å². The van der Waals surface area contributed by atoms with E-state index in [4.69, 9.17) is 14.5 Å². The molecule has 6 rings (SSSR count). The van der Waals surface area contributed by atoms with Crippen LogP contribution in [0.3, 0.4) is 0 Å². The second-order valence-electron chi connectivity index (χ2n) is 11.2. The first kappa shape index (κ1) is 24.1. The molecule has 5 heterocycles. The fraction of sp³-hybridized carbons (Fsp3) is 0.519. The molecule has 0 saturated carbocycles. The summed E-state index contributed by atoms with van der Waals surface area (Å²) in [4.78, 5) is 56.3. The van der Waals surface area contributed by atoms with Crippen molar-refractivity contribution in [2.75, 3.05) is 13.7 Å². The Hall–Kier alpha value is -3.21. The Morgan fingerprint density at radius 1 is 1.19 bits per heavy atom. The van der Waals surface area contributed by atoms with Crippen LogP contribution in [0.15, 0.2) is 29.8 Å². The molecule has 0 bridgehead atoms. The number of rotatable bonds is 2. The minimum absolute atomic E-state index is 0.191. The lowest BCUT2D eigenvalue weighted by Crippen LogP contribution is -2.75. The number of benzene rings is 1. The van der Waals surface area contributed by atoms with Gasteiger partial charge in [0, 0.05) is 24.4 Å². The molecule has 37 heavy (non-hydrogen) atoms. The highest BCUT2D eigenvalue weighted by Gasteiger charge is 2.67. The zero-order valence-corrected chi connectivity index (χ0v) is 21.6. The molecule has 0 radical (unpaired) electrons. The van der Waals surface area contributed by atoms with Gasteiger partial charge in [0.25, 0.3) is 11.6 Å². The fourth-order valence-electron chi connectivity index (χ4n) is 6.35. The highest BCUT2D eigenvalue weighted by atomic mass is 17.2. The first-order valence-corrected chi connectivity index (χ1v) is 12.6. The van der Waals surface area contributed by atoms with E-state index in [1.165, 1.54) is 4.90 Å². The summed E-state index contributed by atoms with van der Waals surface area (Å²) >= 11 is 0. The standard InChI is InChI=1S/C27H31N3O7/c1-14(2)11-20-29-18-12-15(35-5)8-9-16(18)21-22(29)19(13-26(3,4)37-36-20)30-24(32)17-7-6-10-28(17)25(33)27(30,34)23(21)31/h8-9,11-12,17,19-20,34H,6-7,10,13H2,1-5H3/t17-,19-,20+,27+/m0/s1. The number of carbonyl (C=O) groups excluding carboxylic acids is 3. The van der Waals surface area contributed by atoms with Crippen LogP contribution < -0.4 is 4.74 Å². The highest BCUT2D eigenvalue weighted by Crippen LogP contribution is 2.52. The van der Waals surface area contributed by atoms with Gasteiger partial charge in [0.05, 0.1) is 29.9 Å². The Kier molecular flexibility index (Phi) is 5.15. The SMILES string of the molecule is COc1ccc2c3c4n(c2c1)[C@@H](C=C(C)C)OOC(C)(C)C[C@@H]4N1C(=O)[C@@H]2CCCN2C(=O)[C@]1(O)C3=O. The maximum Gasteiger partial charge on any atom is 0.287 e. The van der Waals surface area contributed by atoms with Crippen LogP contribution in [0.4, 0.5) is 0 Å². The van der Waals surface area contributed by atoms with Crippen LogP contribution in [-0.2, 0) is 19.4 Å².